The van der Waals surface area contributed by atoms with Gasteiger partial charge in [0.05, 0.1) is 0 Å². The van der Waals surface area contributed by atoms with Crippen molar-refractivity contribution in [3.63, 3.8) is 0 Å². The maximum Gasteiger partial charge on any atom is 0.00253 e. The molecule has 0 heteroatoms. The summed E-state index contributed by atoms with van der Waals surface area (Å²) in [6.45, 7) is 14.4. The summed E-state index contributed by atoms with van der Waals surface area (Å²) in [4.78, 5) is 0. The molecule has 3 rings (SSSR count). The van der Waals surface area contributed by atoms with Gasteiger partial charge in [-0.1, -0.05) is 152 Å². The molecule has 0 aliphatic heterocycles. The fourth-order valence-corrected chi connectivity index (χ4v) is 6.63. The smallest absolute Gasteiger partial charge is 0.00253 e. The number of fused-ring (bicyclic) bond motifs is 3. The zero-order chi connectivity index (χ0) is 24.6. The molecule has 0 N–H and O–H groups in total. The first-order valence-electron chi connectivity index (χ1n) is 14.6. The lowest BCUT2D eigenvalue weighted by atomic mass is 9.50. The van der Waals surface area contributed by atoms with Crippen molar-refractivity contribution in [1.29, 1.82) is 0 Å². The molecule has 0 fully saturated rings. The van der Waals surface area contributed by atoms with Crippen molar-refractivity contribution >= 4 is 0 Å². The second-order valence-corrected chi connectivity index (χ2v) is 11.8. The third-order valence-electron chi connectivity index (χ3n) is 9.11. The zero-order valence-electron chi connectivity index (χ0n) is 23.4. The van der Waals surface area contributed by atoms with Gasteiger partial charge >= 0.3 is 0 Å². The van der Waals surface area contributed by atoms with Gasteiger partial charge in [-0.2, -0.15) is 0 Å². The maximum atomic E-state index is 2.62. The lowest BCUT2D eigenvalue weighted by molar-refractivity contribution is 0.204. The Bertz CT molecular complexity index is 831. The van der Waals surface area contributed by atoms with Crippen molar-refractivity contribution < 1.29 is 0 Å². The van der Waals surface area contributed by atoms with Gasteiger partial charge in [-0.05, 0) is 48.9 Å². The summed E-state index contributed by atoms with van der Waals surface area (Å²) in [7, 11) is 0. The summed E-state index contributed by atoms with van der Waals surface area (Å²) in [5, 5.41) is 0. The SMILES string of the molecule is CCCCCCCCC1(C)c2cc(C)ccc2-c2ccc(C)cc2C1(C)CCCCCCCC. The van der Waals surface area contributed by atoms with Gasteiger partial charge in [0, 0.05) is 10.8 Å². The molecule has 0 spiro atoms. The van der Waals surface area contributed by atoms with Gasteiger partial charge in [-0.25, -0.2) is 0 Å². The molecule has 0 aromatic heterocycles. The van der Waals surface area contributed by atoms with E-state index in [0.29, 0.717) is 0 Å². The molecule has 0 radical (unpaired) electrons. The van der Waals surface area contributed by atoms with Crippen LogP contribution in [0, 0.1) is 13.8 Å². The van der Waals surface area contributed by atoms with Crippen molar-refractivity contribution in [1.82, 2.24) is 0 Å². The molecule has 0 saturated heterocycles. The number of unbranched alkanes of at least 4 members (excludes halogenated alkanes) is 10. The van der Waals surface area contributed by atoms with E-state index in [4.69, 9.17) is 0 Å². The van der Waals surface area contributed by atoms with E-state index in [1.54, 1.807) is 11.1 Å². The van der Waals surface area contributed by atoms with Gasteiger partial charge in [0.15, 0.2) is 0 Å². The maximum absolute atomic E-state index is 2.62. The first kappa shape index (κ1) is 27.0. The van der Waals surface area contributed by atoms with Crippen LogP contribution >= 0.6 is 0 Å². The van der Waals surface area contributed by atoms with Crippen LogP contribution in [0.4, 0.5) is 0 Å². The average molecular weight is 461 g/mol. The fourth-order valence-electron chi connectivity index (χ4n) is 6.63. The molecule has 1 aliphatic carbocycles. The lowest BCUT2D eigenvalue weighted by Crippen LogP contribution is -2.48. The molecule has 0 nitrogen and oxygen atoms in total. The molecule has 34 heavy (non-hydrogen) atoms. The minimum atomic E-state index is 0.184. The van der Waals surface area contributed by atoms with Gasteiger partial charge in [0.25, 0.3) is 0 Å². The summed E-state index contributed by atoms with van der Waals surface area (Å²) < 4.78 is 0. The van der Waals surface area contributed by atoms with Gasteiger partial charge in [-0.3, -0.25) is 0 Å². The molecule has 0 bridgehead atoms. The summed E-state index contributed by atoms with van der Waals surface area (Å²) in [6, 6.07) is 14.6. The van der Waals surface area contributed by atoms with Crippen molar-refractivity contribution in [3.8, 4) is 11.1 Å². The topological polar surface area (TPSA) is 0 Å². The Morgan fingerprint density at radius 3 is 1.24 bits per heavy atom. The number of benzene rings is 2. The first-order chi connectivity index (χ1) is 16.4. The minimum Gasteiger partial charge on any atom is -0.0654 e. The molecule has 2 aromatic carbocycles. The lowest BCUT2D eigenvalue weighted by Gasteiger charge is -2.53. The Hall–Kier alpha value is -1.56. The largest absolute Gasteiger partial charge is 0.0654 e. The van der Waals surface area contributed by atoms with E-state index in [-0.39, 0.29) is 10.8 Å². The Labute approximate surface area is 212 Å². The molecule has 2 aromatic rings. The van der Waals surface area contributed by atoms with Gasteiger partial charge < -0.3 is 0 Å². The monoisotopic (exact) mass is 460 g/mol. The second-order valence-electron chi connectivity index (χ2n) is 11.8. The Balaban J connectivity index is 1.95. The minimum absolute atomic E-state index is 0.184. The van der Waals surface area contributed by atoms with E-state index >= 15 is 0 Å². The summed E-state index contributed by atoms with van der Waals surface area (Å²) in [5.41, 5.74) is 9.41. The highest BCUT2D eigenvalue weighted by Gasteiger charge is 2.50. The van der Waals surface area contributed by atoms with E-state index in [1.807, 2.05) is 0 Å². The molecule has 0 saturated carbocycles. The number of hydrogen-bond donors (Lipinski definition) is 0. The van der Waals surface area contributed by atoms with Gasteiger partial charge in [-0.15, -0.1) is 0 Å². The third kappa shape index (κ3) is 5.80. The highest BCUT2D eigenvalue weighted by Crippen LogP contribution is 2.58. The van der Waals surface area contributed by atoms with Crippen molar-refractivity contribution in [3.05, 3.63) is 58.7 Å². The summed E-state index contributed by atoms with van der Waals surface area (Å²) >= 11 is 0. The Morgan fingerprint density at radius 2 is 0.853 bits per heavy atom. The number of aryl methyl sites for hydroxylation is 2. The van der Waals surface area contributed by atoms with E-state index in [0.717, 1.165) is 0 Å². The fraction of sp³-hybridized carbons (Fsp3) is 0.647. The third-order valence-corrected chi connectivity index (χ3v) is 9.11. The van der Waals surface area contributed by atoms with Crippen LogP contribution in [0.2, 0.25) is 0 Å². The van der Waals surface area contributed by atoms with E-state index in [9.17, 15) is 0 Å². The van der Waals surface area contributed by atoms with Crippen LogP contribution in [-0.4, -0.2) is 0 Å². The molecule has 0 heterocycles. The molecular weight excluding hydrogens is 408 g/mol. The predicted octanol–water partition coefficient (Wildman–Crippen LogP) is 11.0. The van der Waals surface area contributed by atoms with Crippen LogP contribution in [0.15, 0.2) is 36.4 Å². The van der Waals surface area contributed by atoms with Crippen LogP contribution in [0.3, 0.4) is 0 Å². The van der Waals surface area contributed by atoms with Crippen LogP contribution in [0.5, 0.6) is 0 Å². The van der Waals surface area contributed by atoms with E-state index in [2.05, 4.69) is 77.9 Å². The summed E-state index contributed by atoms with van der Waals surface area (Å²) in [6.07, 6.45) is 19.1. The highest BCUT2D eigenvalue weighted by molar-refractivity contribution is 5.78. The van der Waals surface area contributed by atoms with Crippen molar-refractivity contribution in [2.24, 2.45) is 0 Å². The normalized spacial score (nSPS) is 21.4. The van der Waals surface area contributed by atoms with E-state index in [1.165, 1.54) is 112 Å². The Kier molecular flexibility index (Phi) is 9.87. The van der Waals surface area contributed by atoms with Crippen molar-refractivity contribution in [2.75, 3.05) is 0 Å². The number of rotatable bonds is 14. The first-order valence-corrected chi connectivity index (χ1v) is 14.6. The summed E-state index contributed by atoms with van der Waals surface area (Å²) in [5.74, 6) is 0. The van der Waals surface area contributed by atoms with Crippen LogP contribution in [0.25, 0.3) is 11.1 Å². The van der Waals surface area contributed by atoms with E-state index < -0.39 is 0 Å². The molecule has 2 atom stereocenters. The second kappa shape index (κ2) is 12.4. The molecule has 1 aliphatic rings. The highest BCUT2D eigenvalue weighted by atomic mass is 14.5. The average Bonchev–Trinajstić information content (AvgIpc) is 2.82. The quantitative estimate of drug-likeness (QED) is 0.246. The standard InChI is InChI=1S/C34H52/c1-7-9-11-13-15-17-23-33(5)31-25-27(3)19-21-29(31)30-22-20-28(4)26-32(30)34(33,6)24-18-16-14-12-10-8-2/h19-22,25-26H,7-18,23-24H2,1-6H3. The number of hydrogen-bond acceptors (Lipinski definition) is 0. The zero-order valence-corrected chi connectivity index (χ0v) is 23.4. The van der Waals surface area contributed by atoms with Gasteiger partial charge in [0.2, 0.25) is 0 Å². The molecule has 0 amide bonds. The van der Waals surface area contributed by atoms with Crippen LogP contribution in [-0.2, 0) is 10.8 Å². The molecular formula is C34H52. The molecule has 2 unspecified atom stereocenters. The van der Waals surface area contributed by atoms with Crippen LogP contribution < -0.4 is 0 Å². The Morgan fingerprint density at radius 1 is 0.500 bits per heavy atom. The van der Waals surface area contributed by atoms with Gasteiger partial charge in [0.1, 0.15) is 0 Å². The molecule has 188 valence electrons. The van der Waals surface area contributed by atoms with Crippen LogP contribution in [0.1, 0.15) is 140 Å². The van der Waals surface area contributed by atoms with Crippen molar-refractivity contribution in [2.45, 2.75) is 142 Å². The predicted molar refractivity (Wildman–Crippen MR) is 152 cm³/mol.